The van der Waals surface area contributed by atoms with Crippen LogP contribution in [0.3, 0.4) is 0 Å². The van der Waals surface area contributed by atoms with Crippen LogP contribution in [0.15, 0.2) is 242 Å². The van der Waals surface area contributed by atoms with Gasteiger partial charge in [0.15, 0.2) is 0 Å². The summed E-state index contributed by atoms with van der Waals surface area (Å²) < 4.78 is 14.9. The quantitative estimate of drug-likeness (QED) is 0.0162. The van der Waals surface area contributed by atoms with Crippen molar-refractivity contribution in [2.45, 2.75) is 26.4 Å². The number of nitrogens with zero attached hydrogens (tertiary/aromatic N) is 4. The van der Waals surface area contributed by atoms with Crippen LogP contribution in [0.2, 0.25) is 0 Å². The fourth-order valence-electron chi connectivity index (χ4n) is 6.52. The molecule has 0 aliphatic rings. The van der Waals surface area contributed by atoms with Gasteiger partial charge in [0.25, 0.3) is 0 Å². The number of amides is 3. The highest BCUT2D eigenvalue weighted by Crippen LogP contribution is 2.19. The van der Waals surface area contributed by atoms with Crippen molar-refractivity contribution in [3.63, 3.8) is 0 Å². The number of rotatable bonds is 15. The minimum absolute atomic E-state index is 0.209. The zero-order valence-electron chi connectivity index (χ0n) is 41.2. The molecule has 0 saturated carbocycles. The number of benzene rings is 6. The second kappa shape index (κ2) is 32.0. The van der Waals surface area contributed by atoms with E-state index in [0.717, 1.165) is 67.9 Å². The van der Waals surface area contributed by atoms with Gasteiger partial charge >= 0.3 is 18.3 Å². The molecule has 0 bridgehead atoms. The van der Waals surface area contributed by atoms with E-state index in [4.69, 9.17) is 20.1 Å². The summed E-state index contributed by atoms with van der Waals surface area (Å²) >= 11 is 0. The third kappa shape index (κ3) is 20.5. The van der Waals surface area contributed by atoms with E-state index in [2.05, 4.69) is 36.3 Å². The van der Waals surface area contributed by atoms with Crippen molar-refractivity contribution in [2.75, 3.05) is 0 Å². The van der Waals surface area contributed by atoms with Gasteiger partial charge in [-0.15, -0.1) is 0 Å². The number of nitrogens with one attached hydrogen (secondary N) is 4. The van der Waals surface area contributed by atoms with Crippen LogP contribution in [0.4, 0.5) is 14.4 Å². The maximum Gasteiger partial charge on any atom is 0.428 e. The first-order chi connectivity index (χ1) is 37.3. The Kier molecular flexibility index (Phi) is 23.2. The number of hydrogen-bond acceptors (Lipinski definition) is 13. The zero-order chi connectivity index (χ0) is 53.3. The normalized spacial score (nSPS) is 10.1. The fourth-order valence-corrected chi connectivity index (χ4v) is 6.52. The van der Waals surface area contributed by atoms with Gasteiger partial charge < -0.3 is 14.2 Å². The van der Waals surface area contributed by atoms with Crippen molar-refractivity contribution in [1.29, 1.82) is 0 Å². The van der Waals surface area contributed by atoms with Crippen LogP contribution in [-0.4, -0.2) is 45.7 Å². The third-order valence-electron chi connectivity index (χ3n) is 10.4. The molecule has 0 radical (unpaired) electrons. The Morgan fingerprint density at radius 2 is 0.816 bits per heavy atom. The molecule has 0 aliphatic heterocycles. The topological polar surface area (TPSA) is 221 Å². The third-order valence-corrected chi connectivity index (χ3v) is 10.4. The van der Waals surface area contributed by atoms with Crippen LogP contribution in [-0.2, 0) is 40.6 Å². The van der Waals surface area contributed by atoms with Crippen LogP contribution in [0.5, 0.6) is 0 Å². The Hall–Kier alpha value is -10.2. The molecular formula is C60H55N9O7. The van der Waals surface area contributed by atoms with E-state index in [9.17, 15) is 19.2 Å². The number of pyridine rings is 3. The molecule has 6 aromatic carbocycles. The van der Waals surface area contributed by atoms with Crippen molar-refractivity contribution in [1.82, 2.24) is 36.7 Å². The predicted molar refractivity (Wildman–Crippen MR) is 292 cm³/mol. The molecule has 382 valence electrons. The van der Waals surface area contributed by atoms with E-state index in [-0.39, 0.29) is 19.8 Å². The SMILES string of the molecule is NNC(=O)OCc1ccccc1.O=C(N/N=C\c1ccc(-c2ccccn2)cc1)OCc1ccccc1.O=C(NNCc1ccc(-c2ccccn2)cc1)OCc1ccccc1.O=Cc1ccc(-c2ccccn2)cc1. The van der Waals surface area contributed by atoms with Gasteiger partial charge in [0.05, 0.1) is 23.3 Å². The van der Waals surface area contributed by atoms with Gasteiger partial charge in [-0.05, 0) is 64.2 Å². The highest BCUT2D eigenvalue weighted by Gasteiger charge is 2.05. The van der Waals surface area contributed by atoms with Crippen LogP contribution in [0.25, 0.3) is 33.8 Å². The number of hydrogen-bond donors (Lipinski definition) is 5. The summed E-state index contributed by atoms with van der Waals surface area (Å²) in [5, 5.41) is 3.89. The lowest BCUT2D eigenvalue weighted by atomic mass is 10.1. The summed E-state index contributed by atoms with van der Waals surface area (Å²) in [6.45, 7) is 1.20. The maximum atomic E-state index is 11.6. The molecule has 16 nitrogen and oxygen atoms in total. The van der Waals surface area contributed by atoms with Gasteiger partial charge in [-0.2, -0.15) is 5.10 Å². The van der Waals surface area contributed by atoms with Gasteiger partial charge in [0, 0.05) is 47.4 Å². The van der Waals surface area contributed by atoms with Gasteiger partial charge in [-0.1, -0.05) is 182 Å². The Bertz CT molecular complexity index is 3110. The lowest BCUT2D eigenvalue weighted by molar-refractivity contribution is 0.112. The van der Waals surface area contributed by atoms with Crippen molar-refractivity contribution in [2.24, 2.45) is 10.9 Å². The summed E-state index contributed by atoms with van der Waals surface area (Å²) in [7, 11) is 0. The summed E-state index contributed by atoms with van der Waals surface area (Å²) in [5.41, 5.74) is 20.9. The predicted octanol–water partition coefficient (Wildman–Crippen LogP) is 11.0. The van der Waals surface area contributed by atoms with Crippen LogP contribution < -0.4 is 27.5 Å². The van der Waals surface area contributed by atoms with Gasteiger partial charge in [0.2, 0.25) is 0 Å². The molecule has 9 aromatic rings. The molecule has 0 saturated heterocycles. The van der Waals surface area contributed by atoms with Crippen molar-refractivity contribution in [3.05, 3.63) is 270 Å². The van der Waals surface area contributed by atoms with Crippen LogP contribution in [0.1, 0.15) is 38.2 Å². The molecule has 76 heavy (non-hydrogen) atoms. The molecule has 9 rings (SSSR count). The second-order valence-corrected chi connectivity index (χ2v) is 15.9. The van der Waals surface area contributed by atoms with Crippen molar-refractivity contribution >= 4 is 30.8 Å². The molecule has 3 heterocycles. The monoisotopic (exact) mass is 1010 g/mol. The minimum Gasteiger partial charge on any atom is -0.444 e. The van der Waals surface area contributed by atoms with E-state index in [1.165, 1.54) is 0 Å². The molecule has 3 amide bonds. The molecule has 0 atom stereocenters. The Labute approximate surface area is 440 Å². The number of carbonyl (C=O) groups excluding carboxylic acids is 4. The van der Waals surface area contributed by atoms with E-state index >= 15 is 0 Å². The summed E-state index contributed by atoms with van der Waals surface area (Å²) in [5.74, 6) is 4.81. The smallest absolute Gasteiger partial charge is 0.428 e. The summed E-state index contributed by atoms with van der Waals surface area (Å²) in [4.78, 5) is 57.0. The summed E-state index contributed by atoms with van der Waals surface area (Å²) in [6, 6.07) is 68.9. The number of hydrazine groups is 2. The zero-order valence-corrected chi connectivity index (χ0v) is 41.2. The average Bonchev–Trinajstić information content (AvgIpc) is 3.50. The van der Waals surface area contributed by atoms with Gasteiger partial charge in [-0.3, -0.25) is 30.6 Å². The molecule has 0 unspecified atom stereocenters. The first-order valence-corrected chi connectivity index (χ1v) is 23.7. The van der Waals surface area contributed by atoms with Crippen LogP contribution >= 0.6 is 0 Å². The molecular weight excluding hydrogens is 959 g/mol. The van der Waals surface area contributed by atoms with E-state index < -0.39 is 18.3 Å². The van der Waals surface area contributed by atoms with E-state index in [0.29, 0.717) is 12.1 Å². The number of aldehydes is 1. The maximum absolute atomic E-state index is 11.6. The highest BCUT2D eigenvalue weighted by molar-refractivity contribution is 5.82. The standard InChI is InChI=1S/C20H19N3O2.C20H17N3O2.C12H9NO.C8H10N2O2/c2*24-20(25-15-17-6-2-1-3-7-17)23-22-14-16-9-11-18(12-10-16)19-8-4-5-13-21-19;14-9-10-4-6-11(7-5-10)12-3-1-2-8-13-12;9-10-8(11)12-6-7-4-2-1-3-5-7/h1-13,22H,14-15H2,(H,23,24);1-14H,15H2,(H,23,24);1-9H;1-5H,6,9H2,(H,10,11)/b;22-14-;;. The number of carbonyl (C=O) groups is 4. The minimum atomic E-state index is -0.626. The average molecular weight is 1010 g/mol. The number of aromatic nitrogens is 3. The second-order valence-electron chi connectivity index (χ2n) is 15.9. The molecule has 6 N–H and O–H groups in total. The Morgan fingerprint density at radius 1 is 0.434 bits per heavy atom. The molecule has 16 heteroatoms. The summed E-state index contributed by atoms with van der Waals surface area (Å²) in [6.07, 6.45) is 5.96. The van der Waals surface area contributed by atoms with E-state index in [1.807, 2.05) is 212 Å². The number of ether oxygens (including phenoxy) is 3. The van der Waals surface area contributed by atoms with Crippen LogP contribution in [0, 0.1) is 0 Å². The Balaban J connectivity index is 0.000000172. The first kappa shape index (κ1) is 55.2. The molecule has 0 fully saturated rings. The van der Waals surface area contributed by atoms with Crippen molar-refractivity contribution in [3.8, 4) is 33.8 Å². The first-order valence-electron chi connectivity index (χ1n) is 23.7. The molecule has 0 spiro atoms. The molecule has 3 aromatic heterocycles. The van der Waals surface area contributed by atoms with Crippen molar-refractivity contribution < 1.29 is 33.4 Å². The van der Waals surface area contributed by atoms with E-state index in [1.54, 1.807) is 36.9 Å². The van der Waals surface area contributed by atoms with Gasteiger partial charge in [-0.25, -0.2) is 31.1 Å². The molecule has 0 aliphatic carbocycles. The fraction of sp³-hybridized carbons (Fsp3) is 0.0667. The van der Waals surface area contributed by atoms with Gasteiger partial charge in [0.1, 0.15) is 26.1 Å². The number of hydrazone groups is 1. The highest BCUT2D eigenvalue weighted by atomic mass is 16.6. The lowest BCUT2D eigenvalue weighted by Gasteiger charge is -2.09. The Morgan fingerprint density at radius 3 is 1.21 bits per heavy atom. The number of nitrogens with two attached hydrogens (primary N) is 1. The lowest BCUT2D eigenvalue weighted by Crippen LogP contribution is -2.37. The largest absolute Gasteiger partial charge is 0.444 e.